The molecule has 208 valence electrons. The molecule has 0 spiro atoms. The first kappa shape index (κ1) is 30.8. The zero-order valence-corrected chi connectivity index (χ0v) is 23.3. The van der Waals surface area contributed by atoms with Crippen LogP contribution in [0.3, 0.4) is 0 Å². The number of benzene rings is 2. The first-order chi connectivity index (χ1) is 18.0. The molecule has 0 heterocycles. The number of carbonyl (C=O) groups excluding carboxylic acids is 3. The van der Waals surface area contributed by atoms with E-state index in [0.29, 0.717) is 26.0 Å². The highest BCUT2D eigenvalue weighted by Crippen LogP contribution is 2.11. The number of rotatable bonds is 14. The first-order valence-corrected chi connectivity index (χ1v) is 13.3. The van der Waals surface area contributed by atoms with E-state index in [9.17, 15) is 14.4 Å². The van der Waals surface area contributed by atoms with Gasteiger partial charge in [0.15, 0.2) is 0 Å². The third kappa shape index (κ3) is 12.7. The number of hydrogen-bond donors (Lipinski definition) is 3. The Morgan fingerprint density at radius 3 is 2.05 bits per heavy atom. The normalized spacial score (nSPS) is 12.9. The minimum Gasteiger partial charge on any atom is -0.444 e. The van der Waals surface area contributed by atoms with Crippen molar-refractivity contribution < 1.29 is 23.9 Å². The highest BCUT2D eigenvalue weighted by molar-refractivity contribution is 5.87. The molecule has 0 aliphatic rings. The van der Waals surface area contributed by atoms with Crippen molar-refractivity contribution in [2.24, 2.45) is 5.92 Å². The van der Waals surface area contributed by atoms with E-state index < -0.39 is 17.7 Å². The summed E-state index contributed by atoms with van der Waals surface area (Å²) >= 11 is 0. The molecular weight excluding hydrogens is 482 g/mol. The van der Waals surface area contributed by atoms with E-state index in [1.807, 2.05) is 74.5 Å². The average Bonchev–Trinajstić information content (AvgIpc) is 2.85. The number of ether oxygens (including phenoxy) is 2. The Morgan fingerprint density at radius 2 is 1.47 bits per heavy atom. The van der Waals surface area contributed by atoms with Crippen molar-refractivity contribution in [3.05, 3.63) is 71.8 Å². The Labute approximate surface area is 226 Å². The average molecular weight is 526 g/mol. The summed E-state index contributed by atoms with van der Waals surface area (Å²) in [4.78, 5) is 37.8. The number of carbonyl (C=O) groups is 3. The number of hydrogen-bond acceptors (Lipinski definition) is 5. The Bertz CT molecular complexity index is 990. The predicted octanol–water partition coefficient (Wildman–Crippen LogP) is 4.72. The van der Waals surface area contributed by atoms with Gasteiger partial charge in [0.05, 0.1) is 19.3 Å². The molecule has 1 unspecified atom stereocenters. The molecule has 8 heteroatoms. The minimum atomic E-state index is -0.629. The van der Waals surface area contributed by atoms with E-state index in [1.54, 1.807) is 20.8 Å². The topological polar surface area (TPSA) is 106 Å². The van der Waals surface area contributed by atoms with Gasteiger partial charge in [0.1, 0.15) is 11.6 Å². The third-order valence-electron chi connectivity index (χ3n) is 5.68. The minimum absolute atomic E-state index is 0.0670. The molecule has 3 N–H and O–H groups in total. The number of alkyl carbamates (subject to hydrolysis) is 1. The predicted molar refractivity (Wildman–Crippen MR) is 148 cm³/mol. The van der Waals surface area contributed by atoms with Crippen LogP contribution in [0.2, 0.25) is 0 Å². The molecule has 0 fully saturated rings. The van der Waals surface area contributed by atoms with Crippen LogP contribution in [-0.2, 0) is 32.2 Å². The molecule has 2 aromatic carbocycles. The molecule has 2 aromatic rings. The Balaban J connectivity index is 1.85. The second-order valence-corrected chi connectivity index (χ2v) is 10.7. The molecule has 0 bridgehead atoms. The SMILES string of the molecule is CC(C)C(NC(=O)CCC[C@H](COCc1ccccc1)NC(=O)OC(C)(C)C)C(=O)NCc1ccccc1. The van der Waals surface area contributed by atoms with Gasteiger partial charge in [-0.2, -0.15) is 0 Å². The molecule has 2 rings (SSSR count). The fraction of sp³-hybridized carbons (Fsp3) is 0.500. The molecule has 38 heavy (non-hydrogen) atoms. The van der Waals surface area contributed by atoms with Crippen LogP contribution in [0, 0.1) is 5.92 Å². The lowest BCUT2D eigenvalue weighted by Crippen LogP contribution is -2.49. The lowest BCUT2D eigenvalue weighted by Gasteiger charge is -2.24. The van der Waals surface area contributed by atoms with Crippen molar-refractivity contribution in [2.45, 2.75) is 84.7 Å². The van der Waals surface area contributed by atoms with Crippen molar-refractivity contribution in [3.8, 4) is 0 Å². The van der Waals surface area contributed by atoms with Crippen LogP contribution in [0.25, 0.3) is 0 Å². The zero-order valence-electron chi connectivity index (χ0n) is 23.3. The van der Waals surface area contributed by atoms with Gasteiger partial charge in [-0.05, 0) is 50.7 Å². The van der Waals surface area contributed by atoms with Gasteiger partial charge in [0.2, 0.25) is 11.8 Å². The van der Waals surface area contributed by atoms with Crippen LogP contribution < -0.4 is 16.0 Å². The monoisotopic (exact) mass is 525 g/mol. The van der Waals surface area contributed by atoms with Crippen molar-refractivity contribution in [1.29, 1.82) is 0 Å². The van der Waals surface area contributed by atoms with Crippen LogP contribution in [0.15, 0.2) is 60.7 Å². The van der Waals surface area contributed by atoms with Gasteiger partial charge in [-0.1, -0.05) is 74.5 Å². The van der Waals surface area contributed by atoms with Gasteiger partial charge in [0, 0.05) is 13.0 Å². The number of amides is 3. The lowest BCUT2D eigenvalue weighted by molar-refractivity contribution is -0.130. The second kappa shape index (κ2) is 15.8. The summed E-state index contributed by atoms with van der Waals surface area (Å²) < 4.78 is 11.2. The summed E-state index contributed by atoms with van der Waals surface area (Å²) in [6.07, 6.45) is 0.733. The molecule has 3 amide bonds. The smallest absolute Gasteiger partial charge is 0.407 e. The summed E-state index contributed by atoms with van der Waals surface area (Å²) in [5.74, 6) is -0.488. The fourth-order valence-electron chi connectivity index (χ4n) is 3.75. The maximum Gasteiger partial charge on any atom is 0.407 e. The fourth-order valence-corrected chi connectivity index (χ4v) is 3.75. The van der Waals surface area contributed by atoms with E-state index in [4.69, 9.17) is 9.47 Å². The number of nitrogens with one attached hydrogen (secondary N) is 3. The van der Waals surface area contributed by atoms with Crippen molar-refractivity contribution in [1.82, 2.24) is 16.0 Å². The quantitative estimate of drug-likeness (QED) is 0.331. The zero-order chi connectivity index (χ0) is 28.0. The molecule has 0 aliphatic heterocycles. The van der Waals surface area contributed by atoms with Crippen LogP contribution in [0.5, 0.6) is 0 Å². The Kier molecular flexibility index (Phi) is 12.8. The molecule has 0 saturated heterocycles. The molecule has 0 radical (unpaired) electrons. The van der Waals surface area contributed by atoms with Crippen molar-refractivity contribution in [2.75, 3.05) is 6.61 Å². The van der Waals surface area contributed by atoms with E-state index in [0.717, 1.165) is 11.1 Å². The van der Waals surface area contributed by atoms with E-state index in [-0.39, 0.29) is 36.8 Å². The van der Waals surface area contributed by atoms with Crippen molar-refractivity contribution in [3.63, 3.8) is 0 Å². The van der Waals surface area contributed by atoms with Crippen LogP contribution in [0.4, 0.5) is 4.79 Å². The molecule has 0 aliphatic carbocycles. The largest absolute Gasteiger partial charge is 0.444 e. The summed E-state index contributed by atoms with van der Waals surface area (Å²) in [6.45, 7) is 10.3. The third-order valence-corrected chi connectivity index (χ3v) is 5.68. The summed E-state index contributed by atoms with van der Waals surface area (Å²) in [6, 6.07) is 18.5. The van der Waals surface area contributed by atoms with Gasteiger partial charge in [-0.15, -0.1) is 0 Å². The maximum atomic E-state index is 12.7. The summed E-state index contributed by atoms with van der Waals surface area (Å²) in [5, 5.41) is 8.63. The van der Waals surface area contributed by atoms with Crippen LogP contribution >= 0.6 is 0 Å². The summed E-state index contributed by atoms with van der Waals surface area (Å²) in [5.41, 5.74) is 1.41. The molecule has 8 nitrogen and oxygen atoms in total. The van der Waals surface area contributed by atoms with Gasteiger partial charge in [-0.25, -0.2) is 4.79 Å². The Hall–Kier alpha value is -3.39. The van der Waals surface area contributed by atoms with Crippen LogP contribution in [0.1, 0.15) is 65.0 Å². The first-order valence-electron chi connectivity index (χ1n) is 13.3. The van der Waals surface area contributed by atoms with Gasteiger partial charge >= 0.3 is 6.09 Å². The molecule has 2 atom stereocenters. The summed E-state index contributed by atoms with van der Waals surface area (Å²) in [7, 11) is 0. The highest BCUT2D eigenvalue weighted by atomic mass is 16.6. The van der Waals surface area contributed by atoms with Crippen molar-refractivity contribution >= 4 is 17.9 Å². The van der Waals surface area contributed by atoms with E-state index in [2.05, 4.69) is 16.0 Å². The molecular formula is C30H43N3O5. The van der Waals surface area contributed by atoms with Gasteiger partial charge in [0.25, 0.3) is 0 Å². The highest BCUT2D eigenvalue weighted by Gasteiger charge is 2.24. The molecule has 0 aromatic heterocycles. The van der Waals surface area contributed by atoms with E-state index >= 15 is 0 Å². The maximum absolute atomic E-state index is 12.7. The van der Waals surface area contributed by atoms with Crippen LogP contribution in [-0.4, -0.2) is 42.2 Å². The Morgan fingerprint density at radius 1 is 0.868 bits per heavy atom. The standard InChI is InChI=1S/C30H43N3O5/c1-22(2)27(28(35)31-19-23-13-8-6-9-14-23)33-26(34)18-12-17-25(32-29(36)38-30(3,4)5)21-37-20-24-15-10-7-11-16-24/h6-11,13-16,22,25,27H,12,17-21H2,1-5H3,(H,31,35)(H,32,36)(H,33,34)/t25-,27?/m1/s1. The van der Waals surface area contributed by atoms with E-state index in [1.165, 1.54) is 0 Å². The second-order valence-electron chi connectivity index (χ2n) is 10.7. The molecule has 0 saturated carbocycles. The van der Waals surface area contributed by atoms with Gasteiger partial charge < -0.3 is 25.4 Å². The lowest BCUT2D eigenvalue weighted by atomic mass is 10.0. The van der Waals surface area contributed by atoms with Gasteiger partial charge in [-0.3, -0.25) is 9.59 Å².